The van der Waals surface area contributed by atoms with Gasteiger partial charge in [0.2, 0.25) is 5.91 Å². The lowest BCUT2D eigenvalue weighted by Gasteiger charge is -2.37. The first-order valence-electron chi connectivity index (χ1n) is 10.5. The number of halogens is 1. The van der Waals surface area contributed by atoms with Crippen LogP contribution in [0.15, 0.2) is 46.7 Å². The summed E-state index contributed by atoms with van der Waals surface area (Å²) in [5.74, 6) is 0.749. The van der Waals surface area contributed by atoms with Crippen LogP contribution in [-0.2, 0) is 9.59 Å². The fourth-order valence-electron chi connectivity index (χ4n) is 3.18. The first-order valence-corrected chi connectivity index (χ1v) is 11.5. The van der Waals surface area contributed by atoms with Crippen molar-refractivity contribution in [2.75, 3.05) is 31.5 Å². The van der Waals surface area contributed by atoms with E-state index in [1.165, 1.54) is 5.56 Å². The van der Waals surface area contributed by atoms with Gasteiger partial charge in [-0.15, -0.1) is 0 Å². The van der Waals surface area contributed by atoms with Crippen LogP contribution in [0.2, 0.25) is 0 Å². The zero-order valence-corrected chi connectivity index (χ0v) is 21.3. The minimum Gasteiger partial charge on any atom is -0.353 e. The summed E-state index contributed by atoms with van der Waals surface area (Å²) in [6.45, 7) is 16.4. The van der Waals surface area contributed by atoms with Crippen LogP contribution in [0.4, 0.5) is 5.69 Å². The lowest BCUT2D eigenvalue weighted by Crippen LogP contribution is -2.48. The number of hydrogen-bond donors (Lipinski definition) is 1. The molecule has 0 radical (unpaired) electrons. The summed E-state index contributed by atoms with van der Waals surface area (Å²) in [7, 11) is 0. The highest BCUT2D eigenvalue weighted by molar-refractivity contribution is 14.1. The number of aryl methyl sites for hydroxylation is 1. The van der Waals surface area contributed by atoms with Crippen LogP contribution >= 0.6 is 22.6 Å². The number of nitrogens with one attached hydrogen (secondary N) is 1. The van der Waals surface area contributed by atoms with Crippen LogP contribution in [0.25, 0.3) is 0 Å². The molecule has 0 aromatic heterocycles. The van der Waals surface area contributed by atoms with E-state index in [-0.39, 0.29) is 17.2 Å². The fourth-order valence-corrected chi connectivity index (χ4v) is 3.70. The van der Waals surface area contributed by atoms with Crippen molar-refractivity contribution in [3.05, 3.63) is 50.9 Å². The summed E-state index contributed by atoms with van der Waals surface area (Å²) in [5.41, 5.74) is 2.52. The molecule has 6 nitrogen and oxygen atoms in total. The van der Waals surface area contributed by atoms with Gasteiger partial charge in [0.1, 0.15) is 5.82 Å². The summed E-state index contributed by atoms with van der Waals surface area (Å²) in [6.07, 6.45) is 4.12. The molecule has 0 bridgehead atoms. The highest BCUT2D eigenvalue weighted by Gasteiger charge is 2.25. The van der Waals surface area contributed by atoms with Crippen molar-refractivity contribution in [2.45, 2.75) is 41.0 Å². The maximum absolute atomic E-state index is 12.5. The van der Waals surface area contributed by atoms with E-state index in [2.05, 4.69) is 65.3 Å². The second-order valence-electron chi connectivity index (χ2n) is 9.06. The van der Waals surface area contributed by atoms with Gasteiger partial charge >= 0.3 is 0 Å². The Morgan fingerprint density at radius 3 is 2.32 bits per heavy atom. The van der Waals surface area contributed by atoms with Gasteiger partial charge in [0.15, 0.2) is 0 Å². The van der Waals surface area contributed by atoms with Crippen LogP contribution in [0.5, 0.6) is 0 Å². The summed E-state index contributed by atoms with van der Waals surface area (Å²) in [4.78, 5) is 33.1. The fraction of sp³-hybridized carbons (Fsp3) is 0.458. The zero-order chi connectivity index (χ0) is 23.2. The Bertz CT molecular complexity index is 891. The quantitative estimate of drug-likeness (QED) is 0.250. The van der Waals surface area contributed by atoms with Crippen LogP contribution in [0.3, 0.4) is 0 Å². The molecule has 0 unspecified atom stereocenters. The van der Waals surface area contributed by atoms with E-state index in [0.29, 0.717) is 44.0 Å². The third-order valence-electron chi connectivity index (χ3n) is 5.07. The van der Waals surface area contributed by atoms with Crippen LogP contribution in [0, 0.1) is 15.9 Å². The first kappa shape index (κ1) is 25.1. The molecule has 0 saturated carbocycles. The molecule has 1 aliphatic rings. The number of piperazine rings is 1. The van der Waals surface area contributed by atoms with Crippen molar-refractivity contribution in [3.8, 4) is 0 Å². The number of carbonyl (C=O) groups excluding carboxylic acids is 2. The molecule has 1 fully saturated rings. The Morgan fingerprint density at radius 1 is 1.16 bits per heavy atom. The number of carbonyl (C=O) groups is 2. The Morgan fingerprint density at radius 2 is 1.77 bits per heavy atom. The lowest BCUT2D eigenvalue weighted by atomic mass is 9.91. The minimum atomic E-state index is -0.156. The average molecular weight is 536 g/mol. The summed E-state index contributed by atoms with van der Waals surface area (Å²) in [5, 5.41) is 2.92. The predicted octanol–water partition coefficient (Wildman–Crippen LogP) is 4.61. The molecule has 0 spiro atoms. The number of aliphatic imine (C=N–C) groups is 1. The van der Waals surface area contributed by atoms with Gasteiger partial charge in [-0.1, -0.05) is 32.9 Å². The molecule has 1 N–H and O–H groups in total. The average Bonchev–Trinajstić information content (AvgIpc) is 2.70. The highest BCUT2D eigenvalue weighted by Crippen LogP contribution is 2.21. The van der Waals surface area contributed by atoms with Crippen LogP contribution in [-0.4, -0.2) is 54.5 Å². The van der Waals surface area contributed by atoms with Gasteiger partial charge in [0.05, 0.1) is 0 Å². The number of nitrogens with zero attached hydrogens (tertiary/aromatic N) is 3. The largest absolute Gasteiger partial charge is 0.353 e. The van der Waals surface area contributed by atoms with E-state index in [9.17, 15) is 9.59 Å². The van der Waals surface area contributed by atoms with E-state index < -0.39 is 0 Å². The van der Waals surface area contributed by atoms with Gasteiger partial charge < -0.3 is 15.1 Å². The van der Waals surface area contributed by atoms with Gasteiger partial charge in [-0.05, 0) is 72.3 Å². The molecule has 2 rings (SSSR count). The van der Waals surface area contributed by atoms with Gasteiger partial charge in [0.25, 0.3) is 5.91 Å². The number of amides is 2. The Kier molecular flexibility index (Phi) is 8.85. The molecular formula is C24H33IN4O2. The molecule has 168 valence electrons. The highest BCUT2D eigenvalue weighted by atomic mass is 127. The normalized spacial score (nSPS) is 15.7. The first-order chi connectivity index (χ1) is 14.5. The van der Waals surface area contributed by atoms with E-state index in [1.807, 2.05) is 36.1 Å². The van der Waals surface area contributed by atoms with Crippen molar-refractivity contribution < 1.29 is 9.59 Å². The number of anilines is 1. The molecule has 31 heavy (non-hydrogen) atoms. The number of hydrogen-bond acceptors (Lipinski definition) is 4. The van der Waals surface area contributed by atoms with E-state index in [1.54, 1.807) is 13.0 Å². The smallest absolute Gasteiger partial charge is 0.251 e. The summed E-state index contributed by atoms with van der Waals surface area (Å²) >= 11 is 2.26. The van der Waals surface area contributed by atoms with Crippen LogP contribution < -0.4 is 5.32 Å². The second-order valence-corrected chi connectivity index (χ2v) is 10.2. The van der Waals surface area contributed by atoms with E-state index >= 15 is 0 Å². The summed E-state index contributed by atoms with van der Waals surface area (Å²) in [6, 6.07) is 5.84. The maximum Gasteiger partial charge on any atom is 0.251 e. The van der Waals surface area contributed by atoms with E-state index in [4.69, 9.17) is 0 Å². The number of benzene rings is 1. The molecule has 0 atom stereocenters. The van der Waals surface area contributed by atoms with Crippen LogP contribution in [0.1, 0.15) is 39.7 Å². The third kappa shape index (κ3) is 7.79. The number of rotatable bonds is 6. The maximum atomic E-state index is 12.5. The predicted molar refractivity (Wildman–Crippen MR) is 136 cm³/mol. The van der Waals surface area contributed by atoms with Gasteiger partial charge in [0, 0.05) is 47.4 Å². The van der Waals surface area contributed by atoms with Gasteiger partial charge in [-0.25, -0.2) is 4.99 Å². The van der Waals surface area contributed by atoms with Crippen molar-refractivity contribution in [1.29, 1.82) is 0 Å². The number of allylic oxidation sites excluding steroid dienone is 2. The van der Waals surface area contributed by atoms with Crippen molar-refractivity contribution in [3.63, 3.8) is 0 Å². The standard InChI is InChI=1S/C24H33IN4O2/c1-17-7-9-19(15-20(17)25)27-23(31)18(2)8-10-21(26-6)28-11-13-29(14-12-28)22(30)16-24(3,4)5/h7-10,15H,6,11-14,16H2,1-5H3,(H,27,31)/b18-8+,21-10+. The molecule has 1 aromatic rings. The van der Waals surface area contributed by atoms with Crippen molar-refractivity contribution in [2.24, 2.45) is 10.4 Å². The zero-order valence-electron chi connectivity index (χ0n) is 19.2. The molecule has 1 aromatic carbocycles. The molecular weight excluding hydrogens is 503 g/mol. The van der Waals surface area contributed by atoms with Gasteiger partial charge in [-0.3, -0.25) is 9.59 Å². The third-order valence-corrected chi connectivity index (χ3v) is 6.23. The molecule has 0 aliphatic carbocycles. The second kappa shape index (κ2) is 10.9. The Labute approximate surface area is 199 Å². The van der Waals surface area contributed by atoms with Crippen molar-refractivity contribution >= 4 is 46.8 Å². The molecule has 1 saturated heterocycles. The monoisotopic (exact) mass is 536 g/mol. The summed E-state index contributed by atoms with van der Waals surface area (Å²) < 4.78 is 1.11. The Balaban J connectivity index is 1.97. The minimum absolute atomic E-state index is 0.0122. The molecule has 7 heteroatoms. The van der Waals surface area contributed by atoms with E-state index in [0.717, 1.165) is 9.26 Å². The topological polar surface area (TPSA) is 65.0 Å². The SMILES string of the molecule is C=N/C(=C\C=C(/C)C(=O)Nc1ccc(C)c(I)c1)N1CCN(C(=O)CC(C)(C)C)CC1. The molecule has 1 aliphatic heterocycles. The van der Waals surface area contributed by atoms with Gasteiger partial charge in [-0.2, -0.15) is 0 Å². The van der Waals surface area contributed by atoms with Crippen molar-refractivity contribution in [1.82, 2.24) is 9.80 Å². The molecule has 2 amide bonds. The Hall–Kier alpha value is -2.16. The molecule has 1 heterocycles. The lowest BCUT2D eigenvalue weighted by molar-refractivity contribution is -0.134.